The van der Waals surface area contributed by atoms with Crippen molar-refractivity contribution in [3.8, 4) is 0 Å². The lowest BCUT2D eigenvalue weighted by Crippen LogP contribution is -2.30. The van der Waals surface area contributed by atoms with E-state index >= 15 is 0 Å². The van der Waals surface area contributed by atoms with Crippen LogP contribution >= 0.6 is 11.8 Å². The van der Waals surface area contributed by atoms with Crippen molar-refractivity contribution < 1.29 is 24.3 Å². The Morgan fingerprint density at radius 2 is 1.57 bits per heavy atom. The molecule has 4 aromatic rings. The number of nitrogens with zero attached hydrogens (tertiary/aromatic N) is 1. The van der Waals surface area contributed by atoms with Crippen LogP contribution in [-0.2, 0) is 9.59 Å². The van der Waals surface area contributed by atoms with Gasteiger partial charge in [-0.05, 0) is 85.1 Å². The van der Waals surface area contributed by atoms with Crippen LogP contribution in [0.1, 0.15) is 45.2 Å². The highest BCUT2D eigenvalue weighted by Gasteiger charge is 2.20. The van der Waals surface area contributed by atoms with Crippen LogP contribution in [0, 0.1) is 6.92 Å². The van der Waals surface area contributed by atoms with Gasteiger partial charge in [0.15, 0.2) is 0 Å². The number of thioether (sulfide) groups is 1. The summed E-state index contributed by atoms with van der Waals surface area (Å²) in [5.74, 6) is -2.27. The van der Waals surface area contributed by atoms with Crippen LogP contribution in [0.2, 0.25) is 0 Å². The molecule has 0 saturated carbocycles. The predicted octanol–water partition coefficient (Wildman–Crippen LogP) is 6.68. The molecule has 0 heterocycles. The van der Waals surface area contributed by atoms with E-state index in [1.165, 1.54) is 23.9 Å². The molecule has 0 spiro atoms. The Bertz CT molecular complexity index is 1750. The zero-order valence-corrected chi connectivity index (χ0v) is 26.9. The van der Waals surface area contributed by atoms with E-state index in [-0.39, 0.29) is 17.2 Å². The van der Waals surface area contributed by atoms with Crippen molar-refractivity contribution in [2.45, 2.75) is 30.4 Å². The number of nitrogens with one attached hydrogen (secondary N) is 3. The molecule has 4 aromatic carbocycles. The number of aryl methyl sites for hydroxylation is 1. The van der Waals surface area contributed by atoms with E-state index in [1.54, 1.807) is 61.5 Å². The van der Waals surface area contributed by atoms with Crippen LogP contribution < -0.4 is 20.9 Å². The largest absolute Gasteiger partial charge is 0.478 e. The number of hydrogen-bond acceptors (Lipinski definition) is 6. The Balaban J connectivity index is 1.51. The van der Waals surface area contributed by atoms with E-state index in [9.17, 15) is 24.3 Å². The maximum atomic E-state index is 13.6. The third kappa shape index (κ3) is 9.09. The van der Waals surface area contributed by atoms with Crippen molar-refractivity contribution in [2.24, 2.45) is 0 Å². The molecule has 0 aliphatic rings. The molecule has 0 aliphatic carbocycles. The minimum absolute atomic E-state index is 0.0642. The van der Waals surface area contributed by atoms with E-state index in [0.29, 0.717) is 23.4 Å². The van der Waals surface area contributed by atoms with Gasteiger partial charge in [-0.2, -0.15) is 0 Å². The van der Waals surface area contributed by atoms with Crippen molar-refractivity contribution in [2.75, 3.05) is 29.6 Å². The summed E-state index contributed by atoms with van der Waals surface area (Å²) < 4.78 is 0. The summed E-state index contributed by atoms with van der Waals surface area (Å²) in [4.78, 5) is 53.9. The summed E-state index contributed by atoms with van der Waals surface area (Å²) in [5.41, 5.74) is 3.97. The highest BCUT2D eigenvalue weighted by atomic mass is 32.2. The van der Waals surface area contributed by atoms with Gasteiger partial charge in [0.05, 0.1) is 10.8 Å². The Kier molecular flexibility index (Phi) is 11.4. The zero-order valence-electron chi connectivity index (χ0n) is 26.0. The molecule has 0 bridgehead atoms. The van der Waals surface area contributed by atoms with E-state index in [4.69, 9.17) is 0 Å². The number of rotatable bonds is 12. The normalized spacial score (nSPS) is 11.7. The Morgan fingerprint density at radius 3 is 2.22 bits per heavy atom. The van der Waals surface area contributed by atoms with Gasteiger partial charge in [-0.1, -0.05) is 49.4 Å². The SMILES string of the molecule is CCC(Sc1cccc(NC(=O)/C(=C\c2ccc(N(C)C)cc2)NC(=O)c2ccccc2)c1)C(=O)Nc1cc(C(=O)O)ccc1C. The molecule has 0 saturated heterocycles. The van der Waals surface area contributed by atoms with Gasteiger partial charge >= 0.3 is 5.97 Å². The summed E-state index contributed by atoms with van der Waals surface area (Å²) in [6.45, 7) is 3.69. The van der Waals surface area contributed by atoms with Gasteiger partial charge in [0, 0.05) is 41.6 Å². The standard InChI is InChI=1S/C36H36N4O5S/c1-5-32(35(43)38-30-21-26(36(44)45)17-14-23(30)2)46-29-13-9-12-27(22-29)37-34(42)31(39-33(41)25-10-7-6-8-11-25)20-24-15-18-28(19-16-24)40(3)4/h6-22,32H,5H2,1-4H3,(H,37,42)(H,38,43)(H,39,41)(H,44,45)/b31-20+. The fourth-order valence-electron chi connectivity index (χ4n) is 4.41. The number of amides is 3. The van der Waals surface area contributed by atoms with Crippen molar-refractivity contribution >= 4 is 58.6 Å². The lowest BCUT2D eigenvalue weighted by molar-refractivity contribution is -0.116. The third-order valence-corrected chi connectivity index (χ3v) is 8.38. The molecule has 0 radical (unpaired) electrons. The van der Waals surface area contributed by atoms with Crippen LogP contribution in [0.15, 0.2) is 108 Å². The number of carboxylic acids is 1. The van der Waals surface area contributed by atoms with Crippen molar-refractivity contribution in [3.63, 3.8) is 0 Å². The van der Waals surface area contributed by atoms with Crippen molar-refractivity contribution in [1.29, 1.82) is 0 Å². The first kappa shape index (κ1) is 33.5. The Morgan fingerprint density at radius 1 is 0.848 bits per heavy atom. The molecule has 1 unspecified atom stereocenters. The summed E-state index contributed by atoms with van der Waals surface area (Å²) >= 11 is 1.33. The molecule has 4 N–H and O–H groups in total. The molecule has 1 atom stereocenters. The van der Waals surface area contributed by atoms with E-state index < -0.39 is 23.0 Å². The Labute approximate surface area is 272 Å². The van der Waals surface area contributed by atoms with Gasteiger partial charge in [0.2, 0.25) is 5.91 Å². The minimum Gasteiger partial charge on any atom is -0.478 e. The lowest BCUT2D eigenvalue weighted by Gasteiger charge is -2.17. The molecule has 9 nitrogen and oxygen atoms in total. The molecular weight excluding hydrogens is 600 g/mol. The summed E-state index contributed by atoms with van der Waals surface area (Å²) in [5, 5.41) is 17.3. The van der Waals surface area contributed by atoms with Crippen LogP contribution in [0.3, 0.4) is 0 Å². The molecule has 10 heteroatoms. The summed E-state index contributed by atoms with van der Waals surface area (Å²) in [7, 11) is 3.87. The molecule has 46 heavy (non-hydrogen) atoms. The smallest absolute Gasteiger partial charge is 0.335 e. The number of carbonyl (C=O) groups excluding carboxylic acids is 3. The van der Waals surface area contributed by atoms with E-state index in [0.717, 1.165) is 21.7 Å². The summed E-state index contributed by atoms with van der Waals surface area (Å²) in [6.07, 6.45) is 2.13. The number of anilines is 3. The van der Waals surface area contributed by atoms with Gasteiger partial charge < -0.3 is 26.0 Å². The van der Waals surface area contributed by atoms with Gasteiger partial charge in [-0.15, -0.1) is 11.8 Å². The van der Waals surface area contributed by atoms with Gasteiger partial charge in [-0.25, -0.2) is 4.79 Å². The van der Waals surface area contributed by atoms with Gasteiger partial charge in [0.1, 0.15) is 5.70 Å². The number of carboxylic acid groups (broad SMARTS) is 1. The average Bonchev–Trinajstić information content (AvgIpc) is 3.04. The number of hydrogen-bond donors (Lipinski definition) is 4. The maximum absolute atomic E-state index is 13.6. The molecule has 0 aliphatic heterocycles. The summed E-state index contributed by atoms with van der Waals surface area (Å²) in [6, 6.07) is 27.9. The molecule has 236 valence electrons. The monoisotopic (exact) mass is 636 g/mol. The number of aromatic carboxylic acids is 1. The second-order valence-corrected chi connectivity index (χ2v) is 12.0. The van der Waals surface area contributed by atoms with Crippen molar-refractivity contribution in [1.82, 2.24) is 5.32 Å². The lowest BCUT2D eigenvalue weighted by atomic mass is 10.1. The molecule has 3 amide bonds. The van der Waals surface area contributed by atoms with Gasteiger partial charge in [0.25, 0.3) is 11.8 Å². The first-order valence-corrected chi connectivity index (χ1v) is 15.5. The molecule has 0 fully saturated rings. The topological polar surface area (TPSA) is 128 Å². The molecular formula is C36H36N4O5S. The van der Waals surface area contributed by atoms with Crippen LogP contribution in [0.4, 0.5) is 17.1 Å². The maximum Gasteiger partial charge on any atom is 0.335 e. The minimum atomic E-state index is -1.07. The third-order valence-electron chi connectivity index (χ3n) is 7.03. The fourth-order valence-corrected chi connectivity index (χ4v) is 5.43. The highest BCUT2D eigenvalue weighted by molar-refractivity contribution is 8.00. The predicted molar refractivity (Wildman–Crippen MR) is 184 cm³/mol. The highest BCUT2D eigenvalue weighted by Crippen LogP contribution is 2.29. The van der Waals surface area contributed by atoms with Gasteiger partial charge in [-0.3, -0.25) is 14.4 Å². The number of benzene rings is 4. The molecule has 4 rings (SSSR count). The second kappa shape index (κ2) is 15.6. The average molecular weight is 637 g/mol. The van der Waals surface area contributed by atoms with Crippen molar-refractivity contribution in [3.05, 3.63) is 125 Å². The first-order chi connectivity index (χ1) is 22.0. The van der Waals surface area contributed by atoms with E-state index in [1.807, 2.05) is 62.3 Å². The van der Waals surface area contributed by atoms with E-state index in [2.05, 4.69) is 16.0 Å². The molecule has 0 aromatic heterocycles. The zero-order chi connectivity index (χ0) is 33.2. The fraction of sp³-hybridized carbons (Fsp3) is 0.167. The van der Waals surface area contributed by atoms with Crippen LogP contribution in [0.25, 0.3) is 6.08 Å². The Hall–Kier alpha value is -5.35. The van der Waals surface area contributed by atoms with Crippen LogP contribution in [0.5, 0.6) is 0 Å². The second-order valence-electron chi connectivity index (χ2n) is 10.7. The quantitative estimate of drug-likeness (QED) is 0.101. The number of carbonyl (C=O) groups is 4. The first-order valence-electron chi connectivity index (χ1n) is 14.6. The van der Waals surface area contributed by atoms with Crippen LogP contribution in [-0.4, -0.2) is 48.1 Å².